The van der Waals surface area contributed by atoms with E-state index in [0.29, 0.717) is 28.9 Å². The molecule has 0 bridgehead atoms. The number of likely N-dealkylation sites (N-methyl/N-ethyl adjacent to an activating group) is 1. The molecule has 4 aliphatic rings. The number of aromatic hydroxyl groups is 1. The van der Waals surface area contributed by atoms with Crippen LogP contribution in [0.4, 0.5) is 0 Å². The molecule has 1 aromatic carbocycles. The largest absolute Gasteiger partial charge is 0.508 e. The smallest absolute Gasteiger partial charge is 0.255 e. The number of phenols is 1. The number of hydrogen-bond acceptors (Lipinski definition) is 10. The van der Waals surface area contributed by atoms with E-state index in [2.05, 4.69) is 9.88 Å². The quantitative estimate of drug-likeness (QED) is 0.325. The van der Waals surface area contributed by atoms with Gasteiger partial charge in [0.2, 0.25) is 5.78 Å². The lowest BCUT2D eigenvalue weighted by Crippen LogP contribution is -2.65. The fourth-order valence-corrected chi connectivity index (χ4v) is 7.60. The van der Waals surface area contributed by atoms with Gasteiger partial charge in [-0.25, -0.2) is 0 Å². The molecule has 6 rings (SSSR count). The fourth-order valence-electron chi connectivity index (χ4n) is 7.60. The number of phenolic OH excluding ortho intramolecular Hbond substituents is 1. The van der Waals surface area contributed by atoms with Crippen molar-refractivity contribution in [3.8, 4) is 17.0 Å². The third kappa shape index (κ3) is 4.37. The van der Waals surface area contributed by atoms with E-state index in [0.717, 1.165) is 32.4 Å². The number of aliphatic hydroxyl groups excluding tert-OH is 2. The number of rotatable bonds is 5. The first kappa shape index (κ1) is 29.0. The van der Waals surface area contributed by atoms with Crippen LogP contribution < -0.4 is 5.73 Å². The Morgan fingerprint density at radius 1 is 1.14 bits per heavy atom. The number of hydrogen-bond donors (Lipinski definition) is 5. The minimum Gasteiger partial charge on any atom is -0.508 e. The number of Topliss-reactive ketones (excluding diaryl/α,β-unsaturated/α-hetero) is 2. The number of fused-ring (bicyclic) bond motifs is 3. The number of ketones is 2. The van der Waals surface area contributed by atoms with Crippen molar-refractivity contribution in [2.75, 3.05) is 27.2 Å². The normalized spacial score (nSPS) is 27.7. The zero-order valence-corrected chi connectivity index (χ0v) is 24.2. The highest BCUT2D eigenvalue weighted by Crippen LogP contribution is 2.54. The van der Waals surface area contributed by atoms with E-state index < -0.39 is 58.0 Å². The Morgan fingerprint density at radius 2 is 1.86 bits per heavy atom. The number of benzene rings is 1. The van der Waals surface area contributed by atoms with Gasteiger partial charge in [0.25, 0.3) is 5.91 Å². The third-order valence-electron chi connectivity index (χ3n) is 9.58. The standard InChI is InChI=1S/C32H36N4O7/c1-35(2)25-20-14-16-12-19-18(21-8-4-5-9-34-21)13-17(15-36-10-6-3-7-11-36)26(37)23(19)27(38)22(16)29(40)32(20,43)30(41)24(28(25)39)31(33)42/h4-5,8-9,13,16,20,25,37-38,41,43H,3,6-7,10-12,14-15H2,1-2H3,(H2,33,42)/t16?,20?,25-,32+/m1/s1. The number of aromatic nitrogens is 1. The molecule has 0 radical (unpaired) electrons. The molecule has 2 heterocycles. The molecule has 0 spiro atoms. The van der Waals surface area contributed by atoms with Crippen LogP contribution in [0, 0.1) is 11.8 Å². The number of carbonyl (C=O) groups excluding carboxylic acids is 3. The van der Waals surface area contributed by atoms with Crippen molar-refractivity contribution in [3.05, 3.63) is 64.1 Å². The van der Waals surface area contributed by atoms with E-state index in [1.807, 2.05) is 18.2 Å². The summed E-state index contributed by atoms with van der Waals surface area (Å²) in [6.45, 7) is 2.18. The van der Waals surface area contributed by atoms with Gasteiger partial charge in [0.15, 0.2) is 11.4 Å². The number of aliphatic hydroxyl groups is 3. The Bertz CT molecular complexity index is 1590. The van der Waals surface area contributed by atoms with Crippen molar-refractivity contribution < 1.29 is 34.8 Å². The van der Waals surface area contributed by atoms with Gasteiger partial charge in [-0.15, -0.1) is 0 Å². The Kier molecular flexibility index (Phi) is 7.15. The molecule has 11 nitrogen and oxygen atoms in total. The van der Waals surface area contributed by atoms with Gasteiger partial charge in [-0.1, -0.05) is 12.5 Å². The highest BCUT2D eigenvalue weighted by Gasteiger charge is 2.64. The molecule has 3 aliphatic carbocycles. The van der Waals surface area contributed by atoms with Crippen molar-refractivity contribution in [1.82, 2.24) is 14.8 Å². The van der Waals surface area contributed by atoms with E-state index in [-0.39, 0.29) is 29.7 Å². The van der Waals surface area contributed by atoms with Crippen LogP contribution in [0.5, 0.6) is 5.75 Å². The van der Waals surface area contributed by atoms with Crippen molar-refractivity contribution in [3.63, 3.8) is 0 Å². The molecule has 2 aromatic rings. The first-order valence-corrected chi connectivity index (χ1v) is 14.6. The number of pyridine rings is 1. The molecular weight excluding hydrogens is 552 g/mol. The summed E-state index contributed by atoms with van der Waals surface area (Å²) in [7, 11) is 3.16. The first-order valence-electron chi connectivity index (χ1n) is 14.6. The summed E-state index contributed by atoms with van der Waals surface area (Å²) < 4.78 is 0. The number of amides is 1. The number of nitrogens with zero attached hydrogens (tertiary/aromatic N) is 3. The van der Waals surface area contributed by atoms with Crippen LogP contribution in [-0.4, -0.2) is 91.5 Å². The molecule has 226 valence electrons. The summed E-state index contributed by atoms with van der Waals surface area (Å²) in [5, 5.41) is 46.4. The molecule has 1 amide bonds. The van der Waals surface area contributed by atoms with Crippen LogP contribution in [0.2, 0.25) is 0 Å². The Balaban J connectivity index is 1.56. The van der Waals surface area contributed by atoms with Crippen LogP contribution in [0.15, 0.2) is 47.4 Å². The van der Waals surface area contributed by atoms with Gasteiger partial charge in [0, 0.05) is 35.4 Å². The Hall–Kier alpha value is -4.06. The number of carbonyl (C=O) groups is 3. The predicted molar refractivity (Wildman–Crippen MR) is 157 cm³/mol. The van der Waals surface area contributed by atoms with Gasteiger partial charge < -0.3 is 26.2 Å². The van der Waals surface area contributed by atoms with Gasteiger partial charge in [-0.2, -0.15) is 0 Å². The summed E-state index contributed by atoms with van der Waals surface area (Å²) in [6.07, 6.45) is 5.14. The van der Waals surface area contributed by atoms with Crippen LogP contribution in [0.1, 0.15) is 42.4 Å². The minimum atomic E-state index is -2.67. The van der Waals surface area contributed by atoms with Gasteiger partial charge in [0.05, 0.1) is 17.3 Å². The molecule has 4 atom stereocenters. The van der Waals surface area contributed by atoms with Gasteiger partial charge >= 0.3 is 0 Å². The highest BCUT2D eigenvalue weighted by atomic mass is 16.3. The topological polar surface area (TPSA) is 178 Å². The minimum absolute atomic E-state index is 0.0315. The second-order valence-electron chi connectivity index (χ2n) is 12.3. The summed E-state index contributed by atoms with van der Waals surface area (Å²) in [6, 6.07) is 6.25. The van der Waals surface area contributed by atoms with Crippen molar-refractivity contribution in [1.29, 1.82) is 0 Å². The van der Waals surface area contributed by atoms with Gasteiger partial charge in [-0.05, 0) is 82.5 Å². The van der Waals surface area contributed by atoms with Crippen LogP contribution >= 0.6 is 0 Å². The van der Waals surface area contributed by atoms with Gasteiger partial charge in [0.1, 0.15) is 22.8 Å². The first-order chi connectivity index (χ1) is 20.5. The maximum atomic E-state index is 14.2. The van der Waals surface area contributed by atoms with Crippen LogP contribution in [-0.2, 0) is 27.3 Å². The predicted octanol–water partition coefficient (Wildman–Crippen LogP) is 2.01. The van der Waals surface area contributed by atoms with Crippen LogP contribution in [0.3, 0.4) is 0 Å². The monoisotopic (exact) mass is 588 g/mol. The lowest BCUT2D eigenvalue weighted by atomic mass is 9.57. The van der Waals surface area contributed by atoms with Crippen molar-refractivity contribution in [2.45, 2.75) is 50.3 Å². The average Bonchev–Trinajstić information content (AvgIpc) is 2.97. The van der Waals surface area contributed by atoms with E-state index in [4.69, 9.17) is 5.73 Å². The molecule has 11 heteroatoms. The molecule has 2 fully saturated rings. The summed E-state index contributed by atoms with van der Waals surface area (Å²) in [5.74, 6) is -6.59. The molecule has 1 saturated heterocycles. The zero-order valence-electron chi connectivity index (χ0n) is 24.2. The summed E-state index contributed by atoms with van der Waals surface area (Å²) >= 11 is 0. The van der Waals surface area contributed by atoms with Gasteiger partial charge in [-0.3, -0.25) is 29.2 Å². The molecule has 1 aliphatic heterocycles. The number of primary amides is 1. The second kappa shape index (κ2) is 10.6. The maximum absolute atomic E-state index is 14.2. The number of piperidine rings is 1. The number of nitrogens with two attached hydrogens (primary N) is 1. The molecule has 1 saturated carbocycles. The highest BCUT2D eigenvalue weighted by molar-refractivity contribution is 6.24. The number of likely N-dealkylation sites (tertiary alicyclic amines) is 1. The van der Waals surface area contributed by atoms with Crippen LogP contribution in [0.25, 0.3) is 17.0 Å². The zero-order chi connectivity index (χ0) is 30.8. The lowest BCUT2D eigenvalue weighted by Gasteiger charge is -2.50. The summed E-state index contributed by atoms with van der Waals surface area (Å²) in [4.78, 5) is 48.0. The Labute approximate surface area is 248 Å². The SMILES string of the molecule is CN(C)[C@H]1C(=O)C(C(N)=O)=C(O)[C@@]2(O)C(=O)C3=C(O)c4c(O)c(CN5CCCCC5)cc(-c5ccccn5)c4CC3CC12. The summed E-state index contributed by atoms with van der Waals surface area (Å²) in [5.41, 5.74) is 4.37. The molecule has 1 aromatic heterocycles. The Morgan fingerprint density at radius 3 is 2.49 bits per heavy atom. The molecular formula is C32H36N4O7. The average molecular weight is 589 g/mol. The van der Waals surface area contributed by atoms with Crippen molar-refractivity contribution in [2.24, 2.45) is 17.6 Å². The molecule has 43 heavy (non-hydrogen) atoms. The van der Waals surface area contributed by atoms with E-state index in [9.17, 15) is 34.8 Å². The fraction of sp³-hybridized carbons (Fsp3) is 0.438. The van der Waals surface area contributed by atoms with E-state index >= 15 is 0 Å². The molecule has 2 unspecified atom stereocenters. The molecule has 6 N–H and O–H groups in total. The lowest BCUT2D eigenvalue weighted by molar-refractivity contribution is -0.153. The van der Waals surface area contributed by atoms with E-state index in [1.54, 1.807) is 26.4 Å². The maximum Gasteiger partial charge on any atom is 0.255 e. The third-order valence-corrected chi connectivity index (χ3v) is 9.58. The second-order valence-corrected chi connectivity index (χ2v) is 12.3. The van der Waals surface area contributed by atoms with E-state index in [1.165, 1.54) is 4.90 Å². The van der Waals surface area contributed by atoms with Crippen molar-refractivity contribution >= 4 is 23.2 Å².